The Balaban J connectivity index is 0.000000872. The molecule has 0 saturated carbocycles. The van der Waals surface area contributed by atoms with Gasteiger partial charge in [-0.3, -0.25) is 0 Å². The summed E-state index contributed by atoms with van der Waals surface area (Å²) in [6, 6.07) is 17.9. The minimum Gasteiger partial charge on any atom is -0.460 e. The summed E-state index contributed by atoms with van der Waals surface area (Å²) in [6.45, 7) is 10.4. The van der Waals surface area contributed by atoms with Gasteiger partial charge in [0, 0.05) is 10.9 Å². The lowest BCUT2D eigenvalue weighted by Gasteiger charge is -2.21. The van der Waals surface area contributed by atoms with Crippen LogP contribution >= 0.6 is 0 Å². The Bertz CT molecular complexity index is 1150. The van der Waals surface area contributed by atoms with Crippen LogP contribution in [0.5, 0.6) is 11.5 Å². The van der Waals surface area contributed by atoms with E-state index in [1.54, 1.807) is 0 Å². The normalized spacial score (nSPS) is 16.8. The smallest absolute Gasteiger partial charge is 0.161 e. The summed E-state index contributed by atoms with van der Waals surface area (Å²) in [5.74, 6) is 2.53. The van der Waals surface area contributed by atoms with Crippen molar-refractivity contribution in [3.63, 3.8) is 0 Å². The topological polar surface area (TPSA) is 30.5 Å². The second-order valence-electron chi connectivity index (χ2n) is 6.44. The first-order valence-electron chi connectivity index (χ1n) is 9.35. The van der Waals surface area contributed by atoms with Crippen LogP contribution in [0.1, 0.15) is 32.4 Å². The molecule has 1 atom stereocenters. The summed E-state index contributed by atoms with van der Waals surface area (Å²) in [5.41, 5.74) is 5.40. The first-order valence-corrected chi connectivity index (χ1v) is 9.35. The van der Waals surface area contributed by atoms with Crippen LogP contribution in [0, 0.1) is 0 Å². The molecule has 136 valence electrons. The third-order valence-electron chi connectivity index (χ3n) is 4.90. The number of hydrogen-bond donors (Lipinski definition) is 1. The van der Waals surface area contributed by atoms with Gasteiger partial charge in [0.2, 0.25) is 0 Å². The molecule has 3 aromatic carbocycles. The zero-order valence-electron chi connectivity index (χ0n) is 15.9. The fourth-order valence-corrected chi connectivity index (χ4v) is 3.79. The molecule has 0 fully saturated rings. The number of hydroxylamine groups is 1. The third-order valence-corrected chi connectivity index (χ3v) is 4.90. The van der Waals surface area contributed by atoms with Crippen molar-refractivity contribution in [1.29, 1.82) is 0 Å². The Kier molecular flexibility index (Phi) is 4.46. The second-order valence-corrected chi connectivity index (χ2v) is 6.44. The van der Waals surface area contributed by atoms with Crippen molar-refractivity contribution in [2.45, 2.75) is 26.8 Å². The van der Waals surface area contributed by atoms with Crippen LogP contribution in [-0.4, -0.2) is 0 Å². The summed E-state index contributed by atoms with van der Waals surface area (Å²) in [5, 5.41) is 4.40. The molecule has 1 aliphatic carbocycles. The fourth-order valence-electron chi connectivity index (χ4n) is 3.79. The molecule has 0 radical (unpaired) electrons. The Labute approximate surface area is 159 Å². The number of para-hydroxylation sites is 1. The number of benzene rings is 3. The van der Waals surface area contributed by atoms with Crippen molar-refractivity contribution >= 4 is 22.9 Å². The van der Waals surface area contributed by atoms with Gasteiger partial charge < -0.3 is 9.57 Å². The Morgan fingerprint density at radius 3 is 2.37 bits per heavy atom. The van der Waals surface area contributed by atoms with Crippen LogP contribution in [0.25, 0.3) is 22.9 Å². The lowest BCUT2D eigenvalue weighted by Crippen LogP contribution is -2.35. The maximum Gasteiger partial charge on any atom is 0.161 e. The monoisotopic (exact) mass is 357 g/mol. The summed E-state index contributed by atoms with van der Waals surface area (Å²) in [4.78, 5) is 5.90. The molecule has 0 bridgehead atoms. The molecule has 0 spiro atoms. The van der Waals surface area contributed by atoms with Crippen molar-refractivity contribution in [2.75, 3.05) is 0 Å². The van der Waals surface area contributed by atoms with Crippen LogP contribution in [0.3, 0.4) is 0 Å². The number of ether oxygens (including phenoxy) is 1. The van der Waals surface area contributed by atoms with Gasteiger partial charge in [-0.1, -0.05) is 62.9 Å². The summed E-state index contributed by atoms with van der Waals surface area (Å²) in [7, 11) is 0. The number of allylic oxidation sites excluding steroid dienone is 1. The molecule has 2 aliphatic rings. The van der Waals surface area contributed by atoms with Crippen molar-refractivity contribution in [2.24, 2.45) is 0 Å². The quantitative estimate of drug-likeness (QED) is 0.739. The van der Waals surface area contributed by atoms with E-state index in [4.69, 9.17) is 9.57 Å². The Morgan fingerprint density at radius 1 is 0.963 bits per heavy atom. The minimum absolute atomic E-state index is 0.126. The molecule has 27 heavy (non-hydrogen) atoms. The highest BCUT2D eigenvalue weighted by Crippen LogP contribution is 2.39. The molecule has 0 amide bonds. The molecule has 5 rings (SSSR count). The largest absolute Gasteiger partial charge is 0.460 e. The van der Waals surface area contributed by atoms with Crippen LogP contribution in [0.15, 0.2) is 66.4 Å². The average molecular weight is 357 g/mol. The molecule has 0 saturated heterocycles. The third kappa shape index (κ3) is 2.71. The summed E-state index contributed by atoms with van der Waals surface area (Å²) in [6.07, 6.45) is 2.08. The van der Waals surface area contributed by atoms with Gasteiger partial charge in [0.25, 0.3) is 0 Å². The zero-order chi connectivity index (χ0) is 19.0. The molecule has 3 nitrogen and oxygen atoms in total. The van der Waals surface area contributed by atoms with Crippen LogP contribution in [0.4, 0.5) is 0 Å². The standard InChI is InChI=1S/C22H17NO2.C2H6/c1-13-12-18(24-15-8-4-3-5-9-15)21-20-19(13)14(2)16-10-6-7-11-17(16)22(20)25-23-21;1-2/h3-12,21,23H,2H2,1H3;1-2H3. The molecule has 1 aliphatic heterocycles. The van der Waals surface area contributed by atoms with E-state index in [2.05, 4.69) is 37.2 Å². The van der Waals surface area contributed by atoms with Crippen LogP contribution in [-0.2, 0) is 0 Å². The maximum atomic E-state index is 6.15. The molecule has 3 aromatic rings. The van der Waals surface area contributed by atoms with Crippen LogP contribution < -0.4 is 25.5 Å². The molecule has 3 heteroatoms. The fraction of sp³-hybridized carbons (Fsp3) is 0.167. The zero-order valence-corrected chi connectivity index (χ0v) is 15.9. The van der Waals surface area contributed by atoms with E-state index in [1.807, 2.05) is 56.3 Å². The molecule has 1 unspecified atom stereocenters. The van der Waals surface area contributed by atoms with Crippen molar-refractivity contribution in [3.8, 4) is 11.5 Å². The Morgan fingerprint density at radius 2 is 1.63 bits per heavy atom. The number of rotatable bonds is 2. The lowest BCUT2D eigenvalue weighted by molar-refractivity contribution is 0.187. The van der Waals surface area contributed by atoms with E-state index in [0.717, 1.165) is 49.6 Å². The van der Waals surface area contributed by atoms with Gasteiger partial charge in [-0.15, -0.1) is 5.48 Å². The number of fused-ring (bicyclic) bond motifs is 2. The Hall–Kier alpha value is -3.04. The van der Waals surface area contributed by atoms with E-state index in [-0.39, 0.29) is 6.04 Å². The van der Waals surface area contributed by atoms with E-state index >= 15 is 0 Å². The van der Waals surface area contributed by atoms with E-state index in [9.17, 15) is 0 Å². The van der Waals surface area contributed by atoms with Gasteiger partial charge in [-0.05, 0) is 46.5 Å². The van der Waals surface area contributed by atoms with Crippen molar-refractivity contribution in [1.82, 2.24) is 5.48 Å². The van der Waals surface area contributed by atoms with Crippen LogP contribution in [0.2, 0.25) is 0 Å². The highest BCUT2D eigenvalue weighted by atomic mass is 16.7. The molecule has 0 aromatic heterocycles. The van der Waals surface area contributed by atoms with Gasteiger partial charge in [0.1, 0.15) is 17.6 Å². The predicted molar refractivity (Wildman–Crippen MR) is 111 cm³/mol. The first kappa shape index (κ1) is 17.4. The lowest BCUT2D eigenvalue weighted by atomic mass is 9.90. The second kappa shape index (κ2) is 6.93. The predicted octanol–water partition coefficient (Wildman–Crippen LogP) is 4.36. The van der Waals surface area contributed by atoms with Gasteiger partial charge in [-0.2, -0.15) is 0 Å². The number of nitrogens with one attached hydrogen (secondary N) is 1. The summed E-state index contributed by atoms with van der Waals surface area (Å²) >= 11 is 0. The van der Waals surface area contributed by atoms with Crippen molar-refractivity contribution < 1.29 is 9.57 Å². The molecular weight excluding hydrogens is 334 g/mol. The van der Waals surface area contributed by atoms with E-state index < -0.39 is 0 Å². The van der Waals surface area contributed by atoms with Gasteiger partial charge in [0.05, 0.1) is 0 Å². The molecule has 1 N–H and O–H groups in total. The average Bonchev–Trinajstić information content (AvgIpc) is 3.15. The minimum atomic E-state index is -0.126. The highest BCUT2D eigenvalue weighted by Gasteiger charge is 2.34. The van der Waals surface area contributed by atoms with Gasteiger partial charge in [-0.25, -0.2) is 0 Å². The van der Waals surface area contributed by atoms with Crippen molar-refractivity contribution in [3.05, 3.63) is 82.4 Å². The van der Waals surface area contributed by atoms with E-state index in [1.165, 1.54) is 0 Å². The van der Waals surface area contributed by atoms with Gasteiger partial charge in [0.15, 0.2) is 5.75 Å². The van der Waals surface area contributed by atoms with Gasteiger partial charge >= 0.3 is 0 Å². The SMILES string of the molecule is C=c1c2c3c(c4ccccc14)ONC3C(Oc1ccccc1)=CC=2C.CC. The van der Waals surface area contributed by atoms with E-state index in [0.29, 0.717) is 0 Å². The molecule has 1 heterocycles. The number of hydrogen-bond acceptors (Lipinski definition) is 3. The maximum absolute atomic E-state index is 6.15. The summed E-state index contributed by atoms with van der Waals surface area (Å²) < 4.78 is 6.15. The molecular formula is C24H23NO2. The highest BCUT2D eigenvalue weighted by molar-refractivity contribution is 5.92. The first-order chi connectivity index (χ1) is 13.2.